The van der Waals surface area contributed by atoms with Crippen LogP contribution in [0.1, 0.15) is 5.56 Å². The number of hydrogen-bond acceptors (Lipinski definition) is 5. The van der Waals surface area contributed by atoms with Gasteiger partial charge >= 0.3 is 0 Å². The van der Waals surface area contributed by atoms with Gasteiger partial charge in [-0.15, -0.1) is 10.2 Å². The molecule has 0 fully saturated rings. The Morgan fingerprint density at radius 2 is 2.04 bits per heavy atom. The van der Waals surface area contributed by atoms with Crippen LogP contribution in [-0.4, -0.2) is 32.0 Å². The molecule has 2 aromatic carbocycles. The van der Waals surface area contributed by atoms with Crippen LogP contribution in [-0.2, 0) is 0 Å². The second-order valence-electron chi connectivity index (χ2n) is 6.26. The van der Waals surface area contributed by atoms with Crippen LogP contribution in [0, 0.1) is 6.92 Å². The number of fused-ring (bicyclic) bond motifs is 3. The first-order chi connectivity index (χ1) is 13.5. The van der Waals surface area contributed by atoms with Crippen molar-refractivity contribution in [1.82, 2.24) is 19.2 Å². The Bertz CT molecular complexity index is 1280. The highest BCUT2D eigenvalue weighted by molar-refractivity contribution is 7.99. The Morgan fingerprint density at radius 1 is 1.25 bits per heavy atom. The standard InChI is InChI=1S/C20H17ClN4O2S/c1-12-8-9-17(27-3)16(10-12)24-18(26)14-6-4-5-7-15(14)25-19(24)22-23-20(25)28-11-13(2)21/h4-10H,2,11H2,1,3H3. The molecule has 4 aromatic rings. The lowest BCUT2D eigenvalue weighted by Gasteiger charge is -2.14. The smallest absolute Gasteiger partial charge is 0.267 e. The van der Waals surface area contributed by atoms with Gasteiger partial charge in [0.15, 0.2) is 5.16 Å². The van der Waals surface area contributed by atoms with E-state index in [9.17, 15) is 4.79 Å². The Morgan fingerprint density at radius 3 is 2.79 bits per heavy atom. The van der Waals surface area contributed by atoms with Crippen LogP contribution in [0.5, 0.6) is 5.75 Å². The molecule has 4 rings (SSSR count). The van der Waals surface area contributed by atoms with E-state index in [0.717, 1.165) is 11.1 Å². The number of methoxy groups -OCH3 is 1. The molecule has 2 heterocycles. The van der Waals surface area contributed by atoms with Crippen molar-refractivity contribution in [1.29, 1.82) is 0 Å². The van der Waals surface area contributed by atoms with Crippen LogP contribution in [0.15, 0.2) is 64.0 Å². The number of hydrogen-bond donors (Lipinski definition) is 0. The molecule has 8 heteroatoms. The minimum absolute atomic E-state index is 0.183. The number of aryl methyl sites for hydroxylation is 1. The molecule has 0 bridgehead atoms. The summed E-state index contributed by atoms with van der Waals surface area (Å²) in [7, 11) is 1.58. The van der Waals surface area contributed by atoms with E-state index in [-0.39, 0.29) is 5.56 Å². The SMILES string of the molecule is C=C(Cl)CSc1nnc2n(-c3cc(C)ccc3OC)c(=O)c3ccccc3n12. The van der Waals surface area contributed by atoms with Gasteiger partial charge in [0.1, 0.15) is 5.75 Å². The summed E-state index contributed by atoms with van der Waals surface area (Å²) in [6, 6.07) is 13.1. The summed E-state index contributed by atoms with van der Waals surface area (Å²) in [5, 5.41) is 10.3. The average Bonchev–Trinajstić information content (AvgIpc) is 3.10. The highest BCUT2D eigenvalue weighted by Crippen LogP contribution is 2.28. The number of ether oxygens (including phenoxy) is 1. The number of halogens is 1. The Hall–Kier alpha value is -2.77. The van der Waals surface area contributed by atoms with Crippen molar-refractivity contribution < 1.29 is 4.74 Å². The Balaban J connectivity index is 2.12. The molecule has 0 amide bonds. The van der Waals surface area contributed by atoms with Gasteiger partial charge in [-0.05, 0) is 36.8 Å². The molecule has 28 heavy (non-hydrogen) atoms. The maximum absolute atomic E-state index is 13.4. The van der Waals surface area contributed by atoms with Gasteiger partial charge in [-0.1, -0.05) is 48.1 Å². The van der Waals surface area contributed by atoms with Crippen molar-refractivity contribution in [3.05, 3.63) is 70.0 Å². The van der Waals surface area contributed by atoms with Crippen molar-refractivity contribution in [2.45, 2.75) is 12.1 Å². The first-order valence-corrected chi connectivity index (χ1v) is 9.87. The second kappa shape index (κ2) is 7.33. The summed E-state index contributed by atoms with van der Waals surface area (Å²) in [6.45, 7) is 5.69. The first kappa shape index (κ1) is 18.6. The molecule has 0 aliphatic carbocycles. The van der Waals surface area contributed by atoms with E-state index in [2.05, 4.69) is 16.8 Å². The molecule has 0 unspecified atom stereocenters. The van der Waals surface area contributed by atoms with Crippen LogP contribution in [0.2, 0.25) is 0 Å². The summed E-state index contributed by atoms with van der Waals surface area (Å²) in [5.41, 5.74) is 2.17. The van der Waals surface area contributed by atoms with Gasteiger partial charge in [-0.25, -0.2) is 4.57 Å². The lowest BCUT2D eigenvalue weighted by Crippen LogP contribution is -2.22. The first-order valence-electron chi connectivity index (χ1n) is 8.51. The normalized spacial score (nSPS) is 11.2. The summed E-state index contributed by atoms with van der Waals surface area (Å²) >= 11 is 7.34. The van der Waals surface area contributed by atoms with Crippen molar-refractivity contribution >= 4 is 40.0 Å². The van der Waals surface area contributed by atoms with E-state index in [1.54, 1.807) is 17.7 Å². The third kappa shape index (κ3) is 3.06. The molecular weight excluding hydrogens is 396 g/mol. The molecule has 142 valence electrons. The summed E-state index contributed by atoms with van der Waals surface area (Å²) in [4.78, 5) is 13.4. The average molecular weight is 413 g/mol. The van der Waals surface area contributed by atoms with Crippen molar-refractivity contribution in [3.8, 4) is 11.4 Å². The van der Waals surface area contributed by atoms with E-state index in [0.29, 0.717) is 38.5 Å². The zero-order valence-electron chi connectivity index (χ0n) is 15.3. The van der Waals surface area contributed by atoms with E-state index in [1.807, 2.05) is 47.7 Å². The van der Waals surface area contributed by atoms with E-state index in [1.165, 1.54) is 11.8 Å². The molecule has 2 aromatic heterocycles. The predicted molar refractivity (Wildman–Crippen MR) is 113 cm³/mol. The molecule has 0 saturated carbocycles. The monoisotopic (exact) mass is 412 g/mol. The predicted octanol–water partition coefficient (Wildman–Crippen LogP) is 4.20. The molecule has 0 saturated heterocycles. The fourth-order valence-corrected chi connectivity index (χ4v) is 3.96. The Labute approximate surface area is 170 Å². The molecule has 0 atom stereocenters. The van der Waals surface area contributed by atoms with Crippen LogP contribution < -0.4 is 10.3 Å². The van der Waals surface area contributed by atoms with E-state index >= 15 is 0 Å². The van der Waals surface area contributed by atoms with E-state index in [4.69, 9.17) is 16.3 Å². The fourth-order valence-electron chi connectivity index (χ4n) is 3.11. The zero-order chi connectivity index (χ0) is 19.8. The van der Waals surface area contributed by atoms with Gasteiger partial charge in [-0.2, -0.15) is 0 Å². The van der Waals surface area contributed by atoms with Gasteiger partial charge in [0.2, 0.25) is 5.78 Å². The lowest BCUT2D eigenvalue weighted by molar-refractivity contribution is 0.412. The van der Waals surface area contributed by atoms with E-state index < -0.39 is 0 Å². The molecule has 0 N–H and O–H groups in total. The highest BCUT2D eigenvalue weighted by Gasteiger charge is 2.20. The minimum Gasteiger partial charge on any atom is -0.495 e. The molecular formula is C20H17ClN4O2S. The third-order valence-electron chi connectivity index (χ3n) is 4.33. The molecule has 0 radical (unpaired) electrons. The second-order valence-corrected chi connectivity index (χ2v) is 7.73. The lowest BCUT2D eigenvalue weighted by atomic mass is 10.2. The maximum atomic E-state index is 13.4. The number of aromatic nitrogens is 4. The van der Waals surface area contributed by atoms with Crippen molar-refractivity contribution in [3.63, 3.8) is 0 Å². The van der Waals surface area contributed by atoms with Gasteiger partial charge in [-0.3, -0.25) is 9.20 Å². The summed E-state index contributed by atoms with van der Waals surface area (Å²) < 4.78 is 8.91. The van der Waals surface area contributed by atoms with Crippen LogP contribution in [0.3, 0.4) is 0 Å². The largest absolute Gasteiger partial charge is 0.495 e. The number of benzene rings is 2. The minimum atomic E-state index is -0.183. The van der Waals surface area contributed by atoms with Gasteiger partial charge < -0.3 is 4.74 Å². The zero-order valence-corrected chi connectivity index (χ0v) is 16.9. The maximum Gasteiger partial charge on any atom is 0.267 e. The highest BCUT2D eigenvalue weighted by atomic mass is 35.5. The van der Waals surface area contributed by atoms with Gasteiger partial charge in [0, 0.05) is 10.8 Å². The Kier molecular flexibility index (Phi) is 4.87. The quantitative estimate of drug-likeness (QED) is 0.460. The van der Waals surface area contributed by atoms with Crippen LogP contribution in [0.25, 0.3) is 22.4 Å². The summed E-state index contributed by atoms with van der Waals surface area (Å²) in [6.07, 6.45) is 0. The number of thioether (sulfide) groups is 1. The number of rotatable bonds is 5. The topological polar surface area (TPSA) is 61.4 Å². The third-order valence-corrected chi connectivity index (χ3v) is 5.64. The van der Waals surface area contributed by atoms with Crippen molar-refractivity contribution in [2.24, 2.45) is 0 Å². The van der Waals surface area contributed by atoms with Gasteiger partial charge in [0.25, 0.3) is 5.56 Å². The van der Waals surface area contributed by atoms with Crippen LogP contribution >= 0.6 is 23.4 Å². The molecule has 6 nitrogen and oxygen atoms in total. The van der Waals surface area contributed by atoms with Gasteiger partial charge in [0.05, 0.1) is 23.7 Å². The van der Waals surface area contributed by atoms with Crippen molar-refractivity contribution in [2.75, 3.05) is 12.9 Å². The molecule has 0 aliphatic heterocycles. The number of nitrogens with zero attached hydrogens (tertiary/aromatic N) is 4. The van der Waals surface area contributed by atoms with Crippen LogP contribution in [0.4, 0.5) is 0 Å². The fraction of sp³-hybridized carbons (Fsp3) is 0.150. The molecule has 0 aliphatic rings. The molecule has 0 spiro atoms. The number of para-hydroxylation sites is 1. The summed E-state index contributed by atoms with van der Waals surface area (Å²) in [5.74, 6) is 1.48.